The zero-order valence-corrected chi connectivity index (χ0v) is 15.7. The Labute approximate surface area is 155 Å². The smallest absolute Gasteiger partial charge is 0.0912 e. The first-order valence-corrected chi connectivity index (χ1v) is 9.14. The molecule has 0 aliphatic carbocycles. The first-order valence-electron chi connectivity index (χ1n) is 9.14. The van der Waals surface area contributed by atoms with E-state index >= 15 is 0 Å². The average Bonchev–Trinajstić information content (AvgIpc) is 2.85. The van der Waals surface area contributed by atoms with Gasteiger partial charge in [0.05, 0.1) is 11.4 Å². The van der Waals surface area contributed by atoms with E-state index in [1.54, 1.807) is 0 Å². The molecule has 0 unspecified atom stereocenters. The van der Waals surface area contributed by atoms with E-state index in [-0.39, 0.29) is 0 Å². The maximum absolute atomic E-state index is 4.35. The molecule has 3 heterocycles. The van der Waals surface area contributed by atoms with Gasteiger partial charge in [0.1, 0.15) is 0 Å². The van der Waals surface area contributed by atoms with Crippen molar-refractivity contribution in [1.82, 2.24) is 4.98 Å². The third-order valence-corrected chi connectivity index (χ3v) is 4.91. The number of hydrogen-bond acceptors (Lipinski definition) is 3. The summed E-state index contributed by atoms with van der Waals surface area (Å²) in [6, 6.07) is 8.98. The molecule has 2 aliphatic rings. The van der Waals surface area contributed by atoms with Crippen molar-refractivity contribution in [1.29, 1.82) is 0 Å². The van der Waals surface area contributed by atoms with Crippen LogP contribution in [0.3, 0.4) is 0 Å². The van der Waals surface area contributed by atoms with E-state index in [1.165, 1.54) is 16.8 Å². The number of aromatic nitrogens is 1. The molecule has 1 aromatic heterocycles. The van der Waals surface area contributed by atoms with Gasteiger partial charge in [-0.2, -0.15) is 0 Å². The third-order valence-electron chi connectivity index (χ3n) is 4.91. The average molecular weight is 341 g/mol. The molecular formula is C23H23N3. The summed E-state index contributed by atoms with van der Waals surface area (Å²) in [7, 11) is 0. The molecule has 2 aliphatic heterocycles. The van der Waals surface area contributed by atoms with Crippen LogP contribution < -0.4 is 4.90 Å². The van der Waals surface area contributed by atoms with Crippen molar-refractivity contribution in [3.05, 3.63) is 77.1 Å². The van der Waals surface area contributed by atoms with Crippen LogP contribution in [0, 0.1) is 0 Å². The highest BCUT2D eigenvalue weighted by Crippen LogP contribution is 2.40. The van der Waals surface area contributed by atoms with Gasteiger partial charge >= 0.3 is 0 Å². The van der Waals surface area contributed by atoms with Crippen LogP contribution in [0.1, 0.15) is 56.2 Å². The number of nitrogens with zero attached hydrogens (tertiary/aromatic N) is 3. The zero-order valence-electron chi connectivity index (χ0n) is 15.7. The largest absolute Gasteiger partial charge is 0.303 e. The van der Waals surface area contributed by atoms with Gasteiger partial charge < -0.3 is 4.90 Å². The Hall–Kier alpha value is -2.90. The fourth-order valence-corrected chi connectivity index (χ4v) is 3.36. The Bertz CT molecular complexity index is 960. The highest BCUT2D eigenvalue weighted by molar-refractivity contribution is 6.14. The van der Waals surface area contributed by atoms with E-state index in [9.17, 15) is 0 Å². The maximum atomic E-state index is 4.35. The van der Waals surface area contributed by atoms with E-state index in [2.05, 4.69) is 72.6 Å². The lowest BCUT2D eigenvalue weighted by atomic mass is 9.93. The molecule has 2 bridgehead atoms. The topological polar surface area (TPSA) is 28.5 Å². The van der Waals surface area contributed by atoms with E-state index in [0.717, 1.165) is 22.5 Å². The second-order valence-electron chi connectivity index (χ2n) is 7.41. The first-order chi connectivity index (χ1) is 12.5. The Morgan fingerprint density at radius 1 is 1.00 bits per heavy atom. The summed E-state index contributed by atoms with van der Waals surface area (Å²) >= 11 is 0. The summed E-state index contributed by atoms with van der Waals surface area (Å²) in [5, 5.41) is 0. The van der Waals surface area contributed by atoms with E-state index in [0.29, 0.717) is 11.8 Å². The molecule has 1 aromatic carbocycles. The molecule has 0 N–H and O–H groups in total. The predicted octanol–water partition coefficient (Wildman–Crippen LogP) is 5.94. The van der Waals surface area contributed by atoms with Gasteiger partial charge in [-0.3, -0.25) is 9.98 Å². The Balaban J connectivity index is 1.97. The first kappa shape index (κ1) is 16.6. The molecule has 0 saturated heterocycles. The van der Waals surface area contributed by atoms with Gasteiger partial charge in [0.15, 0.2) is 0 Å². The third kappa shape index (κ3) is 2.81. The SMILES string of the molecule is CC(C)c1cc(C(C)C)cc(N2C3=C=C(C=NC=C3)c3cnccc32)c1. The molecule has 0 amide bonds. The van der Waals surface area contributed by atoms with Crippen LogP contribution in [0.25, 0.3) is 5.57 Å². The summed E-state index contributed by atoms with van der Waals surface area (Å²) in [4.78, 5) is 10.9. The number of rotatable bonds is 3. The van der Waals surface area contributed by atoms with Crippen molar-refractivity contribution in [2.75, 3.05) is 4.90 Å². The van der Waals surface area contributed by atoms with Crippen LogP contribution in [0.5, 0.6) is 0 Å². The van der Waals surface area contributed by atoms with Crippen LogP contribution in [0.4, 0.5) is 11.4 Å². The molecule has 3 heteroatoms. The number of anilines is 2. The van der Waals surface area contributed by atoms with Crippen LogP contribution in [-0.4, -0.2) is 11.2 Å². The molecule has 0 saturated carbocycles. The summed E-state index contributed by atoms with van der Waals surface area (Å²) in [5.74, 6) is 0.949. The number of allylic oxidation sites excluding steroid dienone is 1. The van der Waals surface area contributed by atoms with E-state index < -0.39 is 0 Å². The van der Waals surface area contributed by atoms with Crippen LogP contribution in [0.15, 0.2) is 65.4 Å². The van der Waals surface area contributed by atoms with Crippen molar-refractivity contribution >= 4 is 23.2 Å². The molecule has 130 valence electrons. The van der Waals surface area contributed by atoms with Gasteiger partial charge in [0.25, 0.3) is 0 Å². The molecule has 26 heavy (non-hydrogen) atoms. The lowest BCUT2D eigenvalue weighted by Gasteiger charge is -2.30. The van der Waals surface area contributed by atoms with Gasteiger partial charge in [-0.1, -0.05) is 39.5 Å². The van der Waals surface area contributed by atoms with Gasteiger partial charge in [-0.25, -0.2) is 0 Å². The second kappa shape index (κ2) is 6.44. The Morgan fingerprint density at radius 3 is 2.42 bits per heavy atom. The molecule has 0 atom stereocenters. The maximum Gasteiger partial charge on any atom is 0.0912 e. The highest BCUT2D eigenvalue weighted by atomic mass is 15.2. The molecular weight excluding hydrogens is 318 g/mol. The quantitative estimate of drug-likeness (QED) is 0.646. The summed E-state index contributed by atoms with van der Waals surface area (Å²) in [5.41, 5.74) is 11.5. The van der Waals surface area contributed by atoms with Crippen molar-refractivity contribution in [3.8, 4) is 0 Å². The summed E-state index contributed by atoms with van der Waals surface area (Å²) in [6.07, 6.45) is 9.45. The van der Waals surface area contributed by atoms with Crippen molar-refractivity contribution in [3.63, 3.8) is 0 Å². The number of fused-ring (bicyclic) bond motifs is 2. The molecule has 0 fully saturated rings. The lowest BCUT2D eigenvalue weighted by Crippen LogP contribution is -2.19. The molecule has 4 rings (SSSR count). The van der Waals surface area contributed by atoms with Crippen LogP contribution in [0.2, 0.25) is 0 Å². The number of pyridine rings is 1. The fraction of sp³-hybridized carbons (Fsp3) is 0.261. The predicted molar refractivity (Wildman–Crippen MR) is 109 cm³/mol. The van der Waals surface area contributed by atoms with Gasteiger partial charge in [-0.05, 0) is 47.2 Å². The fourth-order valence-electron chi connectivity index (χ4n) is 3.36. The minimum absolute atomic E-state index is 0.474. The monoisotopic (exact) mass is 341 g/mol. The van der Waals surface area contributed by atoms with Gasteiger partial charge in [0, 0.05) is 41.6 Å². The van der Waals surface area contributed by atoms with Crippen molar-refractivity contribution in [2.24, 2.45) is 4.99 Å². The zero-order chi connectivity index (χ0) is 18.3. The molecule has 0 radical (unpaired) electrons. The molecule has 2 aromatic rings. The second-order valence-corrected chi connectivity index (χ2v) is 7.41. The summed E-state index contributed by atoms with van der Waals surface area (Å²) < 4.78 is 0. The van der Waals surface area contributed by atoms with E-state index in [4.69, 9.17) is 0 Å². The molecule has 0 spiro atoms. The standard InChI is InChI=1S/C23H23N3/c1-15(2)17-9-18(16(3)4)11-21(10-17)26-20-5-7-24-13-19(12-20)22-14-25-8-6-23(22)26/h5-11,13-16H,1-4H3. The van der Waals surface area contributed by atoms with Crippen LogP contribution in [-0.2, 0) is 0 Å². The highest BCUT2D eigenvalue weighted by Gasteiger charge is 2.24. The number of benzene rings is 1. The molecule has 3 nitrogen and oxygen atoms in total. The van der Waals surface area contributed by atoms with Crippen molar-refractivity contribution in [2.45, 2.75) is 39.5 Å². The van der Waals surface area contributed by atoms with E-state index in [1.807, 2.05) is 30.9 Å². The minimum Gasteiger partial charge on any atom is -0.303 e. The minimum atomic E-state index is 0.474. The van der Waals surface area contributed by atoms with Crippen molar-refractivity contribution < 1.29 is 0 Å². The number of hydrogen-bond donors (Lipinski definition) is 0. The Morgan fingerprint density at radius 2 is 1.73 bits per heavy atom. The normalized spacial score (nSPS) is 15.1. The summed E-state index contributed by atoms with van der Waals surface area (Å²) in [6.45, 7) is 8.98. The van der Waals surface area contributed by atoms with Crippen LogP contribution >= 0.6 is 0 Å². The Kier molecular flexibility index (Phi) is 4.10. The van der Waals surface area contributed by atoms with Gasteiger partial charge in [-0.15, -0.1) is 0 Å². The van der Waals surface area contributed by atoms with Gasteiger partial charge in [0.2, 0.25) is 0 Å². The number of aliphatic imine (C=N–C) groups is 1. The lowest BCUT2D eigenvalue weighted by molar-refractivity contribution is 0.833.